The number of carbonyl (C=O) groups excluding carboxylic acids is 1. The van der Waals surface area contributed by atoms with Crippen LogP contribution in [0.25, 0.3) is 0 Å². The van der Waals surface area contributed by atoms with Crippen LogP contribution in [0.15, 0.2) is 22.7 Å². The fourth-order valence-corrected chi connectivity index (χ4v) is 2.53. The van der Waals surface area contributed by atoms with Gasteiger partial charge in [-0.25, -0.2) is 9.78 Å². The fourth-order valence-electron chi connectivity index (χ4n) is 2.53. The number of nitriles is 1. The molecule has 0 atom stereocenters. The Bertz CT molecular complexity index is 759. The van der Waals surface area contributed by atoms with Crippen LogP contribution in [0, 0.1) is 18.3 Å². The topological polar surface area (TPSA) is 111 Å². The molecule has 0 aliphatic carbocycles. The average molecular weight is 327 g/mol. The van der Waals surface area contributed by atoms with Crippen LogP contribution in [0.5, 0.6) is 0 Å². The molecular weight excluding hydrogens is 310 g/mol. The number of pyridine rings is 1. The summed E-state index contributed by atoms with van der Waals surface area (Å²) in [5, 5.41) is 19.5. The van der Waals surface area contributed by atoms with Gasteiger partial charge in [0.1, 0.15) is 11.9 Å². The molecule has 1 N–H and O–H groups in total. The van der Waals surface area contributed by atoms with E-state index in [9.17, 15) is 4.79 Å². The number of amides is 2. The highest BCUT2D eigenvalue weighted by atomic mass is 16.4. The lowest BCUT2D eigenvalue weighted by molar-refractivity contribution is 0.192. The van der Waals surface area contributed by atoms with Crippen molar-refractivity contribution in [3.63, 3.8) is 0 Å². The molecule has 2 amide bonds. The van der Waals surface area contributed by atoms with E-state index in [0.29, 0.717) is 49.3 Å². The second-order valence-corrected chi connectivity index (χ2v) is 5.33. The molecule has 3 heterocycles. The first kappa shape index (κ1) is 15.7. The summed E-state index contributed by atoms with van der Waals surface area (Å²) in [6.07, 6.45) is 1.67. The highest BCUT2D eigenvalue weighted by Gasteiger charge is 2.23. The Balaban J connectivity index is 1.53. The Morgan fingerprint density at radius 2 is 2.17 bits per heavy atom. The number of carbonyl (C=O) groups is 1. The summed E-state index contributed by atoms with van der Waals surface area (Å²) in [5.41, 5.74) is 0.544. The molecular formula is C15H17N7O2. The Morgan fingerprint density at radius 3 is 2.83 bits per heavy atom. The number of anilines is 1. The van der Waals surface area contributed by atoms with Crippen molar-refractivity contribution >= 4 is 11.8 Å². The van der Waals surface area contributed by atoms with Gasteiger partial charge in [-0.3, -0.25) is 0 Å². The Kier molecular flexibility index (Phi) is 4.56. The summed E-state index contributed by atoms with van der Waals surface area (Å²) in [5.74, 6) is 1.52. The monoisotopic (exact) mass is 327 g/mol. The van der Waals surface area contributed by atoms with Gasteiger partial charge in [-0.1, -0.05) is 0 Å². The summed E-state index contributed by atoms with van der Waals surface area (Å²) in [6.45, 7) is 4.26. The summed E-state index contributed by atoms with van der Waals surface area (Å²) < 4.78 is 5.22. The van der Waals surface area contributed by atoms with Crippen molar-refractivity contribution < 1.29 is 9.21 Å². The van der Waals surface area contributed by atoms with E-state index in [-0.39, 0.29) is 12.6 Å². The fraction of sp³-hybridized carbons (Fsp3) is 0.400. The Morgan fingerprint density at radius 1 is 1.38 bits per heavy atom. The highest BCUT2D eigenvalue weighted by Crippen LogP contribution is 2.18. The number of aromatic nitrogens is 3. The minimum absolute atomic E-state index is 0.174. The van der Waals surface area contributed by atoms with E-state index in [2.05, 4.69) is 26.6 Å². The van der Waals surface area contributed by atoms with E-state index in [1.54, 1.807) is 30.2 Å². The smallest absolute Gasteiger partial charge is 0.317 e. The third-order valence-electron chi connectivity index (χ3n) is 3.73. The van der Waals surface area contributed by atoms with Gasteiger partial charge in [0, 0.05) is 39.3 Å². The van der Waals surface area contributed by atoms with Crippen LogP contribution in [0.1, 0.15) is 17.3 Å². The number of aryl methyl sites for hydroxylation is 1. The van der Waals surface area contributed by atoms with E-state index in [1.165, 1.54) is 0 Å². The number of hydrogen-bond donors (Lipinski definition) is 1. The molecule has 1 aliphatic rings. The van der Waals surface area contributed by atoms with Crippen molar-refractivity contribution in [2.75, 3.05) is 31.1 Å². The van der Waals surface area contributed by atoms with Crippen LogP contribution in [-0.2, 0) is 6.54 Å². The predicted octanol–water partition coefficient (Wildman–Crippen LogP) is 0.676. The van der Waals surface area contributed by atoms with Crippen LogP contribution in [-0.4, -0.2) is 52.3 Å². The van der Waals surface area contributed by atoms with Crippen molar-refractivity contribution in [1.82, 2.24) is 25.4 Å². The summed E-state index contributed by atoms with van der Waals surface area (Å²) in [6, 6.07) is 5.46. The molecule has 0 unspecified atom stereocenters. The van der Waals surface area contributed by atoms with Crippen molar-refractivity contribution in [1.29, 1.82) is 5.26 Å². The van der Waals surface area contributed by atoms with Gasteiger partial charge in [-0.05, 0) is 12.1 Å². The highest BCUT2D eigenvalue weighted by molar-refractivity contribution is 5.74. The van der Waals surface area contributed by atoms with Crippen molar-refractivity contribution in [3.05, 3.63) is 35.7 Å². The Labute approximate surface area is 138 Å². The number of nitrogens with zero attached hydrogens (tertiary/aromatic N) is 6. The first-order valence-corrected chi connectivity index (χ1v) is 7.59. The third kappa shape index (κ3) is 3.43. The van der Waals surface area contributed by atoms with E-state index in [0.717, 1.165) is 0 Å². The minimum Gasteiger partial charge on any atom is -0.424 e. The number of urea groups is 1. The number of piperazine rings is 1. The van der Waals surface area contributed by atoms with E-state index >= 15 is 0 Å². The maximum absolute atomic E-state index is 12.2. The average Bonchev–Trinajstić information content (AvgIpc) is 3.05. The second-order valence-electron chi connectivity index (χ2n) is 5.33. The number of rotatable bonds is 3. The largest absolute Gasteiger partial charge is 0.424 e. The minimum atomic E-state index is -0.174. The normalized spacial score (nSPS) is 14.3. The van der Waals surface area contributed by atoms with Gasteiger partial charge in [0.25, 0.3) is 0 Å². The molecule has 24 heavy (non-hydrogen) atoms. The van der Waals surface area contributed by atoms with Gasteiger partial charge in [0.05, 0.1) is 12.1 Å². The molecule has 0 radical (unpaired) electrons. The van der Waals surface area contributed by atoms with Gasteiger partial charge in [-0.2, -0.15) is 5.26 Å². The first-order valence-electron chi connectivity index (χ1n) is 7.59. The maximum Gasteiger partial charge on any atom is 0.317 e. The molecule has 2 aromatic rings. The number of nitrogens with one attached hydrogen (secondary N) is 1. The molecule has 1 aliphatic heterocycles. The van der Waals surface area contributed by atoms with Gasteiger partial charge in [0.15, 0.2) is 0 Å². The van der Waals surface area contributed by atoms with Crippen molar-refractivity contribution in [3.8, 4) is 6.07 Å². The zero-order chi connectivity index (χ0) is 16.9. The number of hydrogen-bond acceptors (Lipinski definition) is 7. The lowest BCUT2D eigenvalue weighted by Crippen LogP contribution is -2.52. The summed E-state index contributed by atoms with van der Waals surface area (Å²) >= 11 is 0. The van der Waals surface area contributed by atoms with E-state index < -0.39 is 0 Å². The molecule has 0 saturated carbocycles. The SMILES string of the molecule is Cc1nnc(CNC(=O)N2CCN(c3ncccc3C#N)CC2)o1. The van der Waals surface area contributed by atoms with Crippen LogP contribution >= 0.6 is 0 Å². The molecule has 3 rings (SSSR count). The van der Waals surface area contributed by atoms with Crippen LogP contribution < -0.4 is 10.2 Å². The predicted molar refractivity (Wildman–Crippen MR) is 84.0 cm³/mol. The molecule has 9 nitrogen and oxygen atoms in total. The summed E-state index contributed by atoms with van der Waals surface area (Å²) in [7, 11) is 0. The van der Waals surface area contributed by atoms with Gasteiger partial charge < -0.3 is 19.5 Å². The molecule has 0 bridgehead atoms. The standard InChI is InChI=1S/C15H17N7O2/c1-11-19-20-13(24-11)10-18-15(23)22-7-5-21(6-8-22)14-12(9-16)3-2-4-17-14/h2-4H,5-8,10H2,1H3,(H,18,23). The van der Waals surface area contributed by atoms with Gasteiger partial charge in [-0.15, -0.1) is 10.2 Å². The second kappa shape index (κ2) is 6.95. The van der Waals surface area contributed by atoms with Crippen molar-refractivity contribution in [2.45, 2.75) is 13.5 Å². The zero-order valence-electron chi connectivity index (χ0n) is 13.3. The van der Waals surface area contributed by atoms with E-state index in [1.807, 2.05) is 4.90 Å². The van der Waals surface area contributed by atoms with Crippen LogP contribution in [0.2, 0.25) is 0 Å². The molecule has 0 aromatic carbocycles. The molecule has 0 spiro atoms. The first-order chi connectivity index (χ1) is 11.7. The molecule has 1 saturated heterocycles. The Hall–Kier alpha value is -3.15. The lowest BCUT2D eigenvalue weighted by atomic mass is 10.2. The molecule has 124 valence electrons. The van der Waals surface area contributed by atoms with E-state index in [4.69, 9.17) is 9.68 Å². The van der Waals surface area contributed by atoms with Crippen LogP contribution in [0.3, 0.4) is 0 Å². The summed E-state index contributed by atoms with van der Waals surface area (Å²) in [4.78, 5) is 20.2. The maximum atomic E-state index is 12.2. The lowest BCUT2D eigenvalue weighted by Gasteiger charge is -2.35. The molecule has 9 heteroatoms. The van der Waals surface area contributed by atoms with Crippen LogP contribution in [0.4, 0.5) is 10.6 Å². The van der Waals surface area contributed by atoms with Crippen molar-refractivity contribution in [2.24, 2.45) is 0 Å². The quantitative estimate of drug-likeness (QED) is 0.882. The molecule has 2 aromatic heterocycles. The molecule has 1 fully saturated rings. The third-order valence-corrected chi connectivity index (χ3v) is 3.73. The van der Waals surface area contributed by atoms with Gasteiger partial charge in [0.2, 0.25) is 11.8 Å². The zero-order valence-corrected chi connectivity index (χ0v) is 13.3. The van der Waals surface area contributed by atoms with Gasteiger partial charge >= 0.3 is 6.03 Å².